The minimum atomic E-state index is -0.966. The molecular formula is C17H19F3N2OS. The third-order valence-corrected chi connectivity index (χ3v) is 3.55. The van der Waals surface area contributed by atoms with E-state index in [1.54, 1.807) is 6.92 Å². The van der Waals surface area contributed by atoms with Gasteiger partial charge in [0.25, 0.3) is 0 Å². The number of nitrogens with zero attached hydrogens (tertiary/aromatic N) is 1. The zero-order valence-electron chi connectivity index (χ0n) is 13.3. The summed E-state index contributed by atoms with van der Waals surface area (Å²) in [5, 5.41) is 0. The van der Waals surface area contributed by atoms with Crippen LogP contribution in [0.1, 0.15) is 11.1 Å². The summed E-state index contributed by atoms with van der Waals surface area (Å²) < 4.78 is 39.6. The van der Waals surface area contributed by atoms with Gasteiger partial charge in [-0.3, -0.25) is 4.79 Å². The van der Waals surface area contributed by atoms with Gasteiger partial charge in [-0.2, -0.15) is 13.5 Å². The Labute approximate surface area is 145 Å². The van der Waals surface area contributed by atoms with Crippen LogP contribution in [-0.4, -0.2) is 19.0 Å². The van der Waals surface area contributed by atoms with E-state index in [2.05, 4.69) is 0 Å². The highest BCUT2D eigenvalue weighted by Gasteiger charge is 2.20. The Morgan fingerprint density at radius 2 is 1.71 bits per heavy atom. The Morgan fingerprint density at radius 1 is 1.12 bits per heavy atom. The molecule has 0 spiro atoms. The summed E-state index contributed by atoms with van der Waals surface area (Å²) in [5.41, 5.74) is 7.04. The van der Waals surface area contributed by atoms with Gasteiger partial charge in [-0.05, 0) is 54.8 Å². The Morgan fingerprint density at radius 3 is 2.25 bits per heavy atom. The third-order valence-electron chi connectivity index (χ3n) is 3.55. The van der Waals surface area contributed by atoms with Crippen molar-refractivity contribution >= 4 is 25.1 Å². The summed E-state index contributed by atoms with van der Waals surface area (Å²) in [4.78, 5) is 13.6. The summed E-state index contributed by atoms with van der Waals surface area (Å²) >= 11 is 0. The molecule has 0 bridgehead atoms. The van der Waals surface area contributed by atoms with E-state index in [-0.39, 0.29) is 25.7 Å². The molecule has 0 saturated carbocycles. The van der Waals surface area contributed by atoms with Crippen molar-refractivity contribution in [2.75, 3.05) is 11.9 Å². The average molecular weight is 356 g/mol. The predicted octanol–water partition coefficient (Wildman–Crippen LogP) is 3.06. The fraction of sp³-hybridized carbons (Fsp3) is 0.235. The van der Waals surface area contributed by atoms with Gasteiger partial charge in [0, 0.05) is 18.8 Å². The van der Waals surface area contributed by atoms with Crippen molar-refractivity contribution in [3.05, 3.63) is 65.0 Å². The van der Waals surface area contributed by atoms with Crippen LogP contribution in [0.15, 0.2) is 36.4 Å². The molecule has 0 radical (unpaired) electrons. The van der Waals surface area contributed by atoms with E-state index in [0.717, 1.165) is 18.2 Å². The number of carbonyl (C=O) groups is 1. The van der Waals surface area contributed by atoms with Crippen molar-refractivity contribution in [1.82, 2.24) is 0 Å². The van der Waals surface area contributed by atoms with Crippen molar-refractivity contribution in [1.29, 1.82) is 0 Å². The number of aryl methyl sites for hydroxylation is 1. The summed E-state index contributed by atoms with van der Waals surface area (Å²) in [6.07, 6.45) is -0.00195. The molecule has 2 aromatic carbocycles. The Balaban J connectivity index is 0.00000288. The van der Waals surface area contributed by atoms with E-state index in [9.17, 15) is 18.0 Å². The molecule has 0 unspecified atom stereocenters. The van der Waals surface area contributed by atoms with Gasteiger partial charge in [-0.25, -0.2) is 13.2 Å². The van der Waals surface area contributed by atoms with E-state index >= 15 is 0 Å². The largest absolute Gasteiger partial charge is 0.320 e. The van der Waals surface area contributed by atoms with Crippen LogP contribution >= 0.6 is 13.5 Å². The van der Waals surface area contributed by atoms with E-state index in [1.807, 2.05) is 0 Å². The van der Waals surface area contributed by atoms with Crippen molar-refractivity contribution in [2.45, 2.75) is 19.4 Å². The van der Waals surface area contributed by atoms with Crippen LogP contribution < -0.4 is 10.6 Å². The van der Waals surface area contributed by atoms with E-state index in [1.165, 1.54) is 30.1 Å². The molecule has 2 rings (SSSR count). The summed E-state index contributed by atoms with van der Waals surface area (Å²) in [5.74, 6) is -2.24. The number of likely N-dealkylation sites (N-methyl/N-ethyl adjacent to an activating group) is 1. The fourth-order valence-corrected chi connectivity index (χ4v) is 2.28. The predicted molar refractivity (Wildman–Crippen MR) is 93.0 cm³/mol. The van der Waals surface area contributed by atoms with Crippen LogP contribution in [0.5, 0.6) is 0 Å². The molecule has 1 atom stereocenters. The van der Waals surface area contributed by atoms with E-state index < -0.39 is 23.6 Å². The van der Waals surface area contributed by atoms with Crippen LogP contribution in [0.4, 0.5) is 18.9 Å². The molecule has 2 aromatic rings. The van der Waals surface area contributed by atoms with Gasteiger partial charge in [0.1, 0.15) is 17.5 Å². The van der Waals surface area contributed by atoms with Crippen molar-refractivity contribution in [3.63, 3.8) is 0 Å². The van der Waals surface area contributed by atoms with Crippen LogP contribution in [0.3, 0.4) is 0 Å². The van der Waals surface area contributed by atoms with E-state index in [4.69, 9.17) is 5.73 Å². The maximum absolute atomic E-state index is 13.3. The molecule has 2 N–H and O–H groups in total. The minimum absolute atomic E-state index is 0. The molecule has 0 aromatic heterocycles. The molecule has 130 valence electrons. The maximum Gasteiger partial charge on any atom is 0.243 e. The Hall–Kier alpha value is -1.99. The van der Waals surface area contributed by atoms with Gasteiger partial charge in [-0.1, -0.05) is 0 Å². The number of rotatable bonds is 4. The van der Waals surface area contributed by atoms with Crippen LogP contribution in [-0.2, 0) is 11.2 Å². The second-order valence-corrected chi connectivity index (χ2v) is 5.42. The lowest BCUT2D eigenvalue weighted by molar-refractivity contribution is -0.119. The molecule has 24 heavy (non-hydrogen) atoms. The highest BCUT2D eigenvalue weighted by atomic mass is 32.1. The number of amides is 1. The summed E-state index contributed by atoms with van der Waals surface area (Å²) in [7, 11) is 1.51. The monoisotopic (exact) mass is 356 g/mol. The molecule has 0 fully saturated rings. The van der Waals surface area contributed by atoms with Gasteiger partial charge >= 0.3 is 0 Å². The van der Waals surface area contributed by atoms with Gasteiger partial charge < -0.3 is 10.6 Å². The first kappa shape index (κ1) is 20.1. The lowest BCUT2D eigenvalue weighted by Crippen LogP contribution is -2.43. The first-order valence-corrected chi connectivity index (χ1v) is 7.02. The van der Waals surface area contributed by atoms with E-state index in [0.29, 0.717) is 16.8 Å². The minimum Gasteiger partial charge on any atom is -0.320 e. The van der Waals surface area contributed by atoms with Gasteiger partial charge in [0.2, 0.25) is 5.91 Å². The molecule has 0 aliphatic carbocycles. The van der Waals surface area contributed by atoms with Gasteiger partial charge in [-0.15, -0.1) is 0 Å². The summed E-state index contributed by atoms with van der Waals surface area (Å²) in [6.45, 7) is 1.59. The molecule has 1 amide bonds. The molecular weight excluding hydrogens is 337 g/mol. The third kappa shape index (κ3) is 4.75. The quantitative estimate of drug-likeness (QED) is 0.915. The molecule has 0 aliphatic heterocycles. The lowest BCUT2D eigenvalue weighted by atomic mass is 10.0. The zero-order chi connectivity index (χ0) is 17.1. The van der Waals surface area contributed by atoms with Crippen molar-refractivity contribution < 1.29 is 18.0 Å². The number of halogens is 3. The normalized spacial score (nSPS) is 11.6. The first-order chi connectivity index (χ1) is 10.8. The molecule has 0 saturated heterocycles. The Bertz CT molecular complexity index is 720. The number of hydrogen-bond acceptors (Lipinski definition) is 2. The van der Waals surface area contributed by atoms with Crippen molar-refractivity contribution in [3.8, 4) is 0 Å². The van der Waals surface area contributed by atoms with Crippen LogP contribution in [0.2, 0.25) is 0 Å². The highest BCUT2D eigenvalue weighted by Crippen LogP contribution is 2.18. The second-order valence-electron chi connectivity index (χ2n) is 5.42. The standard InChI is InChI=1S/C17H17F3N2O.H2S/c1-10-5-14(3-4-15(10)20)22(2)17(23)16(21)8-11-6-12(18)9-13(19)7-11;/h3-7,9,16H,8,21H2,1-2H3;1H2/t16-;/m0./s1. The number of nitrogens with two attached hydrogens (primary N) is 1. The highest BCUT2D eigenvalue weighted by molar-refractivity contribution is 7.59. The number of hydrogen-bond donors (Lipinski definition) is 1. The average Bonchev–Trinajstić information content (AvgIpc) is 2.47. The first-order valence-electron chi connectivity index (χ1n) is 7.02. The second kappa shape index (κ2) is 8.21. The number of anilines is 1. The SMILES string of the molecule is Cc1cc(N(C)C(=O)[C@@H](N)Cc2cc(F)cc(F)c2)ccc1F.S. The molecule has 3 nitrogen and oxygen atoms in total. The molecule has 0 aliphatic rings. The van der Waals surface area contributed by atoms with Crippen molar-refractivity contribution in [2.24, 2.45) is 5.73 Å². The van der Waals surface area contributed by atoms with Gasteiger partial charge in [0.05, 0.1) is 6.04 Å². The lowest BCUT2D eigenvalue weighted by Gasteiger charge is -2.22. The van der Waals surface area contributed by atoms with Crippen LogP contribution in [0.25, 0.3) is 0 Å². The fourth-order valence-electron chi connectivity index (χ4n) is 2.28. The number of benzene rings is 2. The molecule has 7 heteroatoms. The smallest absolute Gasteiger partial charge is 0.243 e. The van der Waals surface area contributed by atoms with Gasteiger partial charge in [0.15, 0.2) is 0 Å². The maximum atomic E-state index is 13.3. The van der Waals surface area contributed by atoms with Crippen LogP contribution in [0, 0.1) is 24.4 Å². The molecule has 0 heterocycles. The zero-order valence-corrected chi connectivity index (χ0v) is 14.3. The Kier molecular flexibility index (Phi) is 6.86. The topological polar surface area (TPSA) is 46.3 Å². The number of carbonyl (C=O) groups excluding carboxylic acids is 1. The summed E-state index contributed by atoms with van der Waals surface area (Å²) in [6, 6.07) is 6.32.